The van der Waals surface area contributed by atoms with Gasteiger partial charge in [0, 0.05) is 24.0 Å². The molecule has 8 heteroatoms. The van der Waals surface area contributed by atoms with E-state index in [4.69, 9.17) is 16.0 Å². The summed E-state index contributed by atoms with van der Waals surface area (Å²) in [4.78, 5) is 30.5. The number of amides is 3. The molecule has 2 N–H and O–H groups in total. The largest absolute Gasteiger partial charge is 0.450 e. The zero-order chi connectivity index (χ0) is 23.5. The standard InChI is InChI=1S/C26H33ClN4O3/c1-30-12-9-25(10-13-30)6-5-11-31(16-25)23(32)19-15-17-14-18(27)21-20(22(17)34-19)26(29-24(33)28-21)7-3-2-4-8-26/h14-15H,2-13,16H2,1H3,(H2,28,29,33). The minimum absolute atomic E-state index is 0.0374. The molecular weight excluding hydrogens is 452 g/mol. The van der Waals surface area contributed by atoms with Crippen LogP contribution >= 0.6 is 11.6 Å². The van der Waals surface area contributed by atoms with Gasteiger partial charge in [0.2, 0.25) is 0 Å². The number of carbonyl (C=O) groups excluding carboxylic acids is 2. The summed E-state index contributed by atoms with van der Waals surface area (Å²) in [6.07, 6.45) is 9.42. The molecule has 2 spiro atoms. The summed E-state index contributed by atoms with van der Waals surface area (Å²) < 4.78 is 6.34. The average molecular weight is 485 g/mol. The number of hydrogen-bond acceptors (Lipinski definition) is 4. The van der Waals surface area contributed by atoms with Gasteiger partial charge in [-0.3, -0.25) is 4.79 Å². The molecule has 1 saturated carbocycles. The van der Waals surface area contributed by atoms with E-state index in [0.29, 0.717) is 22.1 Å². The van der Waals surface area contributed by atoms with Gasteiger partial charge in [-0.15, -0.1) is 0 Å². The van der Waals surface area contributed by atoms with Crippen molar-refractivity contribution in [3.8, 4) is 0 Å². The normalized spacial score (nSPS) is 24.2. The van der Waals surface area contributed by atoms with Crippen LogP contribution in [0, 0.1) is 5.41 Å². The Kier molecular flexibility index (Phi) is 5.34. The van der Waals surface area contributed by atoms with E-state index < -0.39 is 5.54 Å². The molecule has 7 nitrogen and oxygen atoms in total. The lowest BCUT2D eigenvalue weighted by molar-refractivity contribution is 0.0244. The molecule has 1 aromatic heterocycles. The van der Waals surface area contributed by atoms with Crippen molar-refractivity contribution < 1.29 is 14.0 Å². The molecule has 2 saturated heterocycles. The first-order chi connectivity index (χ1) is 16.4. The number of likely N-dealkylation sites (tertiary alicyclic amines) is 2. The molecule has 4 heterocycles. The number of carbonyl (C=O) groups is 2. The zero-order valence-corrected chi connectivity index (χ0v) is 20.6. The Bertz CT molecular complexity index is 1140. The van der Waals surface area contributed by atoms with E-state index in [1.807, 2.05) is 17.0 Å². The predicted octanol–water partition coefficient (Wildman–Crippen LogP) is 5.33. The number of piperidine rings is 2. The van der Waals surface area contributed by atoms with Crippen LogP contribution in [0.2, 0.25) is 5.02 Å². The number of hydrogen-bond donors (Lipinski definition) is 2. The quantitative estimate of drug-likeness (QED) is 0.573. The summed E-state index contributed by atoms with van der Waals surface area (Å²) in [5.74, 6) is 0.330. The van der Waals surface area contributed by atoms with Crippen molar-refractivity contribution in [1.29, 1.82) is 0 Å². The van der Waals surface area contributed by atoms with Crippen molar-refractivity contribution in [2.24, 2.45) is 5.41 Å². The molecule has 6 rings (SSSR count). The number of anilines is 1. The van der Waals surface area contributed by atoms with Crippen LogP contribution in [0.5, 0.6) is 0 Å². The van der Waals surface area contributed by atoms with Crippen LogP contribution in [0.15, 0.2) is 16.5 Å². The van der Waals surface area contributed by atoms with Gasteiger partial charge in [0.15, 0.2) is 5.76 Å². The molecule has 182 valence electrons. The van der Waals surface area contributed by atoms with Gasteiger partial charge in [0.1, 0.15) is 5.58 Å². The van der Waals surface area contributed by atoms with Gasteiger partial charge in [0.25, 0.3) is 5.91 Å². The number of nitrogens with zero attached hydrogens (tertiary/aromatic N) is 2. The first-order valence-electron chi connectivity index (χ1n) is 12.7. The molecule has 1 aromatic carbocycles. The molecule has 34 heavy (non-hydrogen) atoms. The van der Waals surface area contributed by atoms with Crippen LogP contribution in [0.1, 0.15) is 73.9 Å². The lowest BCUT2D eigenvalue weighted by Crippen LogP contribution is -2.52. The van der Waals surface area contributed by atoms with E-state index in [1.165, 1.54) is 6.42 Å². The summed E-state index contributed by atoms with van der Waals surface area (Å²) in [7, 11) is 2.18. The van der Waals surface area contributed by atoms with Crippen LogP contribution in [-0.2, 0) is 5.54 Å². The minimum Gasteiger partial charge on any atom is -0.450 e. The third-order valence-corrected chi connectivity index (χ3v) is 9.04. The highest BCUT2D eigenvalue weighted by molar-refractivity contribution is 6.35. The summed E-state index contributed by atoms with van der Waals surface area (Å²) in [5.41, 5.74) is 1.92. The van der Waals surface area contributed by atoms with Gasteiger partial charge in [-0.1, -0.05) is 30.9 Å². The lowest BCUT2D eigenvalue weighted by atomic mass is 9.72. The van der Waals surface area contributed by atoms with E-state index in [-0.39, 0.29) is 17.4 Å². The van der Waals surface area contributed by atoms with Crippen molar-refractivity contribution >= 4 is 40.2 Å². The maximum Gasteiger partial charge on any atom is 0.319 e. The van der Waals surface area contributed by atoms with Gasteiger partial charge in [0.05, 0.1) is 16.2 Å². The highest BCUT2D eigenvalue weighted by atomic mass is 35.5. The summed E-state index contributed by atoms with van der Waals surface area (Å²) >= 11 is 6.65. The van der Waals surface area contributed by atoms with Gasteiger partial charge in [-0.25, -0.2) is 4.79 Å². The molecule has 3 amide bonds. The fourth-order valence-electron chi connectivity index (χ4n) is 6.83. The van der Waals surface area contributed by atoms with Crippen molar-refractivity contribution in [3.63, 3.8) is 0 Å². The zero-order valence-electron chi connectivity index (χ0n) is 19.8. The topological polar surface area (TPSA) is 77.8 Å². The molecular formula is C26H33ClN4O3. The Balaban J connectivity index is 1.36. The highest BCUT2D eigenvalue weighted by Gasteiger charge is 2.44. The van der Waals surface area contributed by atoms with Gasteiger partial charge in [-0.2, -0.15) is 0 Å². The first-order valence-corrected chi connectivity index (χ1v) is 13.1. The summed E-state index contributed by atoms with van der Waals surface area (Å²) in [6, 6.07) is 3.43. The van der Waals surface area contributed by atoms with E-state index in [0.717, 1.165) is 88.5 Å². The van der Waals surface area contributed by atoms with Crippen molar-refractivity contribution in [3.05, 3.63) is 28.5 Å². The molecule has 2 aromatic rings. The third-order valence-electron chi connectivity index (χ3n) is 8.74. The molecule has 0 bridgehead atoms. The Morgan fingerprint density at radius 3 is 2.56 bits per heavy atom. The average Bonchev–Trinajstić information content (AvgIpc) is 3.25. The second-order valence-corrected chi connectivity index (χ2v) is 11.4. The molecule has 0 atom stereocenters. The SMILES string of the molecule is CN1CCC2(CCCN(C(=O)c3cc4cc(Cl)c5c(c4o3)C3(CCCCC3)NC(=O)N5)C2)CC1. The highest BCUT2D eigenvalue weighted by Crippen LogP contribution is 2.49. The fraction of sp³-hybridized carbons (Fsp3) is 0.615. The Labute approximate surface area is 205 Å². The van der Waals surface area contributed by atoms with Crippen LogP contribution in [0.4, 0.5) is 10.5 Å². The van der Waals surface area contributed by atoms with Crippen LogP contribution < -0.4 is 10.6 Å². The molecule has 0 radical (unpaired) electrons. The van der Waals surface area contributed by atoms with E-state index in [9.17, 15) is 9.59 Å². The molecule has 1 aliphatic carbocycles. The number of fused-ring (bicyclic) bond motifs is 4. The molecule has 4 aliphatic rings. The Morgan fingerprint density at radius 2 is 1.79 bits per heavy atom. The maximum absolute atomic E-state index is 13.6. The maximum atomic E-state index is 13.6. The number of benzene rings is 1. The Hall–Kier alpha value is -2.25. The fourth-order valence-corrected chi connectivity index (χ4v) is 7.09. The van der Waals surface area contributed by atoms with Gasteiger partial charge >= 0.3 is 6.03 Å². The number of nitrogens with one attached hydrogen (secondary N) is 2. The number of urea groups is 1. The molecule has 3 aliphatic heterocycles. The first kappa shape index (κ1) is 22.2. The van der Waals surface area contributed by atoms with E-state index in [1.54, 1.807) is 0 Å². The summed E-state index contributed by atoms with van der Waals surface area (Å²) in [6.45, 7) is 3.77. The second-order valence-electron chi connectivity index (χ2n) is 11.0. The van der Waals surface area contributed by atoms with Crippen molar-refractivity contribution in [1.82, 2.24) is 15.1 Å². The Morgan fingerprint density at radius 1 is 1.03 bits per heavy atom. The van der Waals surface area contributed by atoms with Crippen LogP contribution in [0.25, 0.3) is 11.0 Å². The minimum atomic E-state index is -0.499. The molecule has 3 fully saturated rings. The van der Waals surface area contributed by atoms with Crippen LogP contribution in [0.3, 0.4) is 0 Å². The monoisotopic (exact) mass is 484 g/mol. The van der Waals surface area contributed by atoms with Crippen LogP contribution in [-0.4, -0.2) is 55.0 Å². The second kappa shape index (κ2) is 8.16. The van der Waals surface area contributed by atoms with Crippen molar-refractivity contribution in [2.45, 2.75) is 63.3 Å². The van der Waals surface area contributed by atoms with Crippen molar-refractivity contribution in [2.75, 3.05) is 38.5 Å². The van der Waals surface area contributed by atoms with Gasteiger partial charge < -0.3 is 24.9 Å². The predicted molar refractivity (Wildman–Crippen MR) is 132 cm³/mol. The van der Waals surface area contributed by atoms with E-state index in [2.05, 4.69) is 22.6 Å². The number of furan rings is 1. The van der Waals surface area contributed by atoms with E-state index >= 15 is 0 Å². The number of halogens is 1. The molecule has 0 unspecified atom stereocenters. The summed E-state index contributed by atoms with van der Waals surface area (Å²) in [5, 5.41) is 7.39. The van der Waals surface area contributed by atoms with Gasteiger partial charge in [-0.05, 0) is 76.2 Å². The third kappa shape index (κ3) is 3.59. The lowest BCUT2D eigenvalue weighted by Gasteiger charge is -2.47. The smallest absolute Gasteiger partial charge is 0.319 e. The number of rotatable bonds is 1.